The molecule has 2 nitrogen and oxygen atoms in total. The summed E-state index contributed by atoms with van der Waals surface area (Å²) >= 11 is 0. The number of hydrogen-bond donors (Lipinski definition) is 2. The first-order valence-corrected chi connectivity index (χ1v) is 8.95. The van der Waals surface area contributed by atoms with Crippen molar-refractivity contribution in [2.24, 2.45) is 11.5 Å². The Kier molecular flexibility index (Phi) is 17.8. The number of halogens is 1. The van der Waals surface area contributed by atoms with Crippen molar-refractivity contribution in [3.63, 3.8) is 0 Å². The zero-order valence-corrected chi connectivity index (χ0v) is 13.6. The molecule has 0 amide bonds. The van der Waals surface area contributed by atoms with E-state index >= 15 is 0 Å². The van der Waals surface area contributed by atoms with Crippen molar-refractivity contribution in [1.82, 2.24) is 0 Å². The molecule has 17 heavy (non-hydrogen) atoms. The summed E-state index contributed by atoms with van der Waals surface area (Å²) in [6.45, 7) is 4.42. The molecule has 0 aliphatic carbocycles. The van der Waals surface area contributed by atoms with Crippen molar-refractivity contribution in [3.05, 3.63) is 0 Å². The Hall–Kier alpha value is 0.910. The fourth-order valence-electron chi connectivity index (χ4n) is 1.37. The summed E-state index contributed by atoms with van der Waals surface area (Å²) in [5.41, 5.74) is 12.0. The Morgan fingerprint density at radius 3 is 1.47 bits per heavy atom. The lowest BCUT2D eigenvalue weighted by Gasteiger charge is -2.12. The SMILES string of the molecule is CCCCC(N)CSSCC(N)CCCC.Cl. The van der Waals surface area contributed by atoms with E-state index < -0.39 is 0 Å². The molecular weight excluding hydrogens is 272 g/mol. The van der Waals surface area contributed by atoms with Crippen molar-refractivity contribution in [2.45, 2.75) is 64.5 Å². The highest BCUT2D eigenvalue weighted by Gasteiger charge is 2.05. The average Bonchev–Trinajstić information content (AvgIpc) is 2.29. The topological polar surface area (TPSA) is 52.0 Å². The average molecular weight is 301 g/mol. The van der Waals surface area contributed by atoms with Gasteiger partial charge in [0.2, 0.25) is 0 Å². The first-order chi connectivity index (χ1) is 7.70. The third-order valence-corrected chi connectivity index (χ3v) is 5.12. The maximum absolute atomic E-state index is 5.99. The van der Waals surface area contributed by atoms with E-state index in [4.69, 9.17) is 11.5 Å². The van der Waals surface area contributed by atoms with Gasteiger partial charge in [-0.05, 0) is 12.8 Å². The minimum absolute atomic E-state index is 0. The van der Waals surface area contributed by atoms with E-state index in [9.17, 15) is 0 Å². The molecule has 0 aromatic heterocycles. The maximum Gasteiger partial charge on any atom is 0.0189 e. The van der Waals surface area contributed by atoms with Crippen molar-refractivity contribution in [2.75, 3.05) is 11.5 Å². The van der Waals surface area contributed by atoms with Crippen LogP contribution in [0.4, 0.5) is 0 Å². The summed E-state index contributed by atoms with van der Waals surface area (Å²) in [4.78, 5) is 0. The van der Waals surface area contributed by atoms with Gasteiger partial charge in [0, 0.05) is 23.6 Å². The van der Waals surface area contributed by atoms with Crippen LogP contribution in [0.15, 0.2) is 0 Å². The predicted octanol–water partition coefficient (Wildman–Crippen LogP) is 3.82. The highest BCUT2D eigenvalue weighted by Crippen LogP contribution is 2.24. The van der Waals surface area contributed by atoms with E-state index in [1.54, 1.807) is 0 Å². The molecule has 0 fully saturated rings. The zero-order valence-electron chi connectivity index (χ0n) is 11.2. The first kappa shape index (κ1) is 20.2. The minimum Gasteiger partial charge on any atom is -0.327 e. The number of nitrogens with two attached hydrogens (primary N) is 2. The van der Waals surface area contributed by atoms with Crippen LogP contribution in [0.25, 0.3) is 0 Å². The molecule has 0 radical (unpaired) electrons. The van der Waals surface area contributed by atoms with Gasteiger partial charge < -0.3 is 11.5 Å². The van der Waals surface area contributed by atoms with Crippen LogP contribution in [0.2, 0.25) is 0 Å². The maximum atomic E-state index is 5.99. The quantitative estimate of drug-likeness (QED) is 0.450. The number of unbranched alkanes of at least 4 members (excludes halogenated alkanes) is 2. The van der Waals surface area contributed by atoms with Crippen LogP contribution in [0.1, 0.15) is 52.4 Å². The molecule has 2 unspecified atom stereocenters. The van der Waals surface area contributed by atoms with E-state index in [2.05, 4.69) is 13.8 Å². The second-order valence-electron chi connectivity index (χ2n) is 4.37. The summed E-state index contributed by atoms with van der Waals surface area (Å²) in [7, 11) is 3.77. The third-order valence-electron chi connectivity index (χ3n) is 2.50. The Bertz CT molecular complexity index is 134. The van der Waals surface area contributed by atoms with E-state index in [0.29, 0.717) is 12.1 Å². The Morgan fingerprint density at radius 1 is 0.824 bits per heavy atom. The number of hydrogen-bond acceptors (Lipinski definition) is 4. The molecule has 0 heterocycles. The van der Waals surface area contributed by atoms with Crippen LogP contribution in [-0.2, 0) is 0 Å². The molecular formula is C12H29ClN2S2. The van der Waals surface area contributed by atoms with Gasteiger partial charge in [0.25, 0.3) is 0 Å². The molecule has 0 spiro atoms. The van der Waals surface area contributed by atoms with Gasteiger partial charge in [0.15, 0.2) is 0 Å². The molecule has 0 aliphatic heterocycles. The second kappa shape index (κ2) is 15.0. The summed E-state index contributed by atoms with van der Waals surface area (Å²) in [6, 6.07) is 0.730. The summed E-state index contributed by atoms with van der Waals surface area (Å²) in [5, 5.41) is 0. The van der Waals surface area contributed by atoms with Crippen LogP contribution in [0, 0.1) is 0 Å². The Labute approximate surface area is 121 Å². The summed E-state index contributed by atoms with van der Waals surface area (Å²) < 4.78 is 0. The van der Waals surface area contributed by atoms with E-state index in [1.165, 1.54) is 25.7 Å². The van der Waals surface area contributed by atoms with Gasteiger partial charge in [0.05, 0.1) is 0 Å². The molecule has 2 atom stereocenters. The highest BCUT2D eigenvalue weighted by molar-refractivity contribution is 8.76. The number of rotatable bonds is 11. The third kappa shape index (κ3) is 14.9. The fourth-order valence-corrected chi connectivity index (χ4v) is 3.87. The standard InChI is InChI=1S/C12H28N2S2.ClH/c1-3-5-7-11(13)9-15-16-10-12(14)8-6-4-2;/h11-12H,3-10,13-14H2,1-2H3;1H. The van der Waals surface area contributed by atoms with Crippen molar-refractivity contribution in [3.8, 4) is 0 Å². The van der Waals surface area contributed by atoms with Gasteiger partial charge in [0.1, 0.15) is 0 Å². The Morgan fingerprint density at radius 2 is 1.18 bits per heavy atom. The highest BCUT2D eigenvalue weighted by atomic mass is 35.5. The van der Waals surface area contributed by atoms with Crippen LogP contribution in [0.5, 0.6) is 0 Å². The van der Waals surface area contributed by atoms with Crippen molar-refractivity contribution < 1.29 is 0 Å². The predicted molar refractivity (Wildman–Crippen MR) is 87.2 cm³/mol. The molecule has 4 N–H and O–H groups in total. The van der Waals surface area contributed by atoms with Gasteiger partial charge in [-0.1, -0.05) is 61.1 Å². The molecule has 0 bridgehead atoms. The van der Waals surface area contributed by atoms with Crippen molar-refractivity contribution in [1.29, 1.82) is 0 Å². The van der Waals surface area contributed by atoms with Gasteiger partial charge in [-0.3, -0.25) is 0 Å². The van der Waals surface area contributed by atoms with Gasteiger partial charge >= 0.3 is 0 Å². The molecule has 0 saturated carbocycles. The van der Waals surface area contributed by atoms with Gasteiger partial charge in [-0.2, -0.15) is 0 Å². The largest absolute Gasteiger partial charge is 0.327 e. The van der Waals surface area contributed by atoms with E-state index in [1.807, 2.05) is 21.6 Å². The normalized spacial score (nSPS) is 14.1. The molecule has 0 aromatic carbocycles. The molecule has 0 aromatic rings. The van der Waals surface area contributed by atoms with Gasteiger partial charge in [-0.25, -0.2) is 0 Å². The van der Waals surface area contributed by atoms with Crippen LogP contribution in [-0.4, -0.2) is 23.6 Å². The van der Waals surface area contributed by atoms with Crippen LogP contribution >= 0.6 is 34.0 Å². The zero-order chi connectivity index (χ0) is 12.2. The van der Waals surface area contributed by atoms with E-state index in [-0.39, 0.29) is 12.4 Å². The lowest BCUT2D eigenvalue weighted by atomic mass is 10.2. The summed E-state index contributed by atoms with van der Waals surface area (Å²) in [5.74, 6) is 2.12. The minimum atomic E-state index is 0. The van der Waals surface area contributed by atoms with Gasteiger partial charge in [-0.15, -0.1) is 12.4 Å². The summed E-state index contributed by atoms with van der Waals surface area (Å²) in [6.07, 6.45) is 7.31. The molecule has 5 heteroatoms. The second-order valence-corrected chi connectivity index (χ2v) is 6.93. The van der Waals surface area contributed by atoms with E-state index in [0.717, 1.165) is 24.3 Å². The smallest absolute Gasteiger partial charge is 0.0189 e. The Balaban J connectivity index is 0. The molecule has 106 valence electrons. The lowest BCUT2D eigenvalue weighted by Crippen LogP contribution is -2.23. The molecule has 0 rings (SSSR count). The van der Waals surface area contributed by atoms with Crippen LogP contribution in [0.3, 0.4) is 0 Å². The monoisotopic (exact) mass is 300 g/mol. The van der Waals surface area contributed by atoms with Crippen molar-refractivity contribution >= 4 is 34.0 Å². The first-order valence-electron chi connectivity index (χ1n) is 6.46. The van der Waals surface area contributed by atoms with Crippen LogP contribution < -0.4 is 11.5 Å². The fraction of sp³-hybridized carbons (Fsp3) is 1.00. The lowest BCUT2D eigenvalue weighted by molar-refractivity contribution is 0.621. The molecule has 0 aliphatic rings. The molecule has 0 saturated heterocycles.